The Morgan fingerprint density at radius 2 is 2.03 bits per heavy atom. The zero-order valence-electron chi connectivity index (χ0n) is 17.1. The van der Waals surface area contributed by atoms with Crippen molar-refractivity contribution < 1.29 is 14.3 Å². The summed E-state index contributed by atoms with van der Waals surface area (Å²) < 4.78 is 12.7. The quantitative estimate of drug-likeness (QED) is 0.521. The Bertz CT molecular complexity index is 1050. The second kappa shape index (κ2) is 10.1. The molecule has 1 atom stereocenters. The summed E-state index contributed by atoms with van der Waals surface area (Å²) in [6, 6.07) is 14.7. The summed E-state index contributed by atoms with van der Waals surface area (Å²) >= 11 is 6.24. The molecule has 3 aromatic rings. The highest BCUT2D eigenvalue weighted by Gasteiger charge is 2.12. The van der Waals surface area contributed by atoms with Crippen LogP contribution in [0, 0.1) is 0 Å². The van der Waals surface area contributed by atoms with Crippen LogP contribution in [0.2, 0.25) is 5.02 Å². The van der Waals surface area contributed by atoms with Crippen molar-refractivity contribution >= 4 is 35.5 Å². The van der Waals surface area contributed by atoms with Crippen molar-refractivity contribution in [2.45, 2.75) is 13.0 Å². The molecule has 1 aromatic heterocycles. The van der Waals surface area contributed by atoms with Crippen LogP contribution in [0.4, 0.5) is 5.82 Å². The van der Waals surface area contributed by atoms with Gasteiger partial charge in [0.2, 0.25) is 0 Å². The molecule has 3 rings (SSSR count). The zero-order valence-corrected chi connectivity index (χ0v) is 17.9. The fourth-order valence-corrected chi connectivity index (χ4v) is 3.08. The summed E-state index contributed by atoms with van der Waals surface area (Å²) in [6.45, 7) is 2.35. The van der Waals surface area contributed by atoms with Gasteiger partial charge in [-0.2, -0.15) is 5.10 Å². The van der Waals surface area contributed by atoms with E-state index in [0.29, 0.717) is 28.8 Å². The second-order valence-electron chi connectivity index (χ2n) is 6.86. The second-order valence-corrected chi connectivity index (χ2v) is 7.27. The van der Waals surface area contributed by atoms with Crippen molar-refractivity contribution in [3.8, 4) is 5.75 Å². The molecule has 0 aliphatic rings. The van der Waals surface area contributed by atoms with Gasteiger partial charge in [-0.25, -0.2) is 0 Å². The third-order valence-electron chi connectivity index (χ3n) is 4.25. The highest BCUT2D eigenvalue weighted by Crippen LogP contribution is 2.23. The number of carbonyl (C=O) groups excluding carboxylic acids is 1. The predicted octanol–water partition coefficient (Wildman–Crippen LogP) is 4.91. The highest BCUT2D eigenvalue weighted by molar-refractivity contribution is 6.32. The van der Waals surface area contributed by atoms with Gasteiger partial charge in [0.15, 0.2) is 5.82 Å². The Labute approximate surface area is 181 Å². The maximum Gasteiger partial charge on any atom is 0.257 e. The predicted molar refractivity (Wildman–Crippen MR) is 120 cm³/mol. The van der Waals surface area contributed by atoms with Gasteiger partial charge >= 0.3 is 0 Å². The first-order chi connectivity index (χ1) is 14.4. The number of hydrogen-bond acceptors (Lipinski definition) is 4. The van der Waals surface area contributed by atoms with Gasteiger partial charge in [0, 0.05) is 37.0 Å². The van der Waals surface area contributed by atoms with E-state index in [1.165, 1.54) is 0 Å². The fourth-order valence-electron chi connectivity index (χ4n) is 2.88. The molecule has 7 heteroatoms. The van der Waals surface area contributed by atoms with Crippen molar-refractivity contribution in [2.75, 3.05) is 19.0 Å². The maximum atomic E-state index is 12.8. The van der Waals surface area contributed by atoms with Gasteiger partial charge in [0.25, 0.3) is 5.91 Å². The van der Waals surface area contributed by atoms with E-state index in [1.807, 2.05) is 49.4 Å². The van der Waals surface area contributed by atoms with Crippen molar-refractivity contribution in [3.05, 3.63) is 76.4 Å². The lowest BCUT2D eigenvalue weighted by molar-refractivity contribution is 0.0917. The molecule has 0 fully saturated rings. The summed E-state index contributed by atoms with van der Waals surface area (Å²) in [5.74, 6) is 0.785. The van der Waals surface area contributed by atoms with Crippen LogP contribution in [-0.4, -0.2) is 35.5 Å². The minimum Gasteiger partial charge on any atom is -0.488 e. The molecule has 0 radical (unpaired) electrons. The van der Waals surface area contributed by atoms with Gasteiger partial charge in [0.05, 0.1) is 6.61 Å². The number of rotatable bonds is 8. The number of halogens is 1. The average molecular weight is 426 g/mol. The van der Waals surface area contributed by atoms with E-state index in [1.54, 1.807) is 43.2 Å². The lowest BCUT2D eigenvalue weighted by Crippen LogP contribution is -2.19. The molecule has 1 N–H and O–H groups in total. The van der Waals surface area contributed by atoms with E-state index in [0.717, 1.165) is 11.1 Å². The highest BCUT2D eigenvalue weighted by atomic mass is 35.5. The molecule has 6 nitrogen and oxygen atoms in total. The molecule has 0 spiro atoms. The Hall–Kier alpha value is -3.09. The molecule has 0 saturated carbocycles. The number of amides is 1. The van der Waals surface area contributed by atoms with Crippen LogP contribution >= 0.6 is 11.6 Å². The standard InChI is InChI=1S/C23H24ClN3O3/c1-16(15-29-3)30-20-13-17(8-9-18-6-4-5-7-21(18)24)12-19(14-20)23(28)25-22-10-11-27(2)26-22/h4-14,16H,15H2,1-3H3,(H,25,26,28)/t16-/m0/s1. The summed E-state index contributed by atoms with van der Waals surface area (Å²) in [5.41, 5.74) is 2.16. The van der Waals surface area contributed by atoms with Gasteiger partial charge in [-0.3, -0.25) is 9.48 Å². The molecule has 0 aliphatic carbocycles. The molecule has 0 aliphatic heterocycles. The number of aryl methyl sites for hydroxylation is 1. The molecule has 0 bridgehead atoms. The minimum atomic E-state index is -0.272. The number of carbonyl (C=O) groups is 1. The summed E-state index contributed by atoms with van der Waals surface area (Å²) in [5, 5.41) is 7.64. The first-order valence-corrected chi connectivity index (χ1v) is 9.86. The maximum absolute atomic E-state index is 12.8. The largest absolute Gasteiger partial charge is 0.488 e. The minimum absolute atomic E-state index is 0.163. The number of nitrogens with one attached hydrogen (secondary N) is 1. The SMILES string of the molecule is COC[C@H](C)Oc1cc(C=Cc2ccccc2Cl)cc(C(=O)Nc2ccn(C)n2)c1. The molecular weight excluding hydrogens is 402 g/mol. The first kappa shape index (κ1) is 21.6. The number of nitrogens with zero attached hydrogens (tertiary/aromatic N) is 2. The summed E-state index contributed by atoms with van der Waals surface area (Å²) in [4.78, 5) is 12.8. The van der Waals surface area contributed by atoms with Crippen LogP contribution in [0.1, 0.15) is 28.4 Å². The normalized spacial score (nSPS) is 12.1. The van der Waals surface area contributed by atoms with Crippen LogP contribution < -0.4 is 10.1 Å². The number of benzene rings is 2. The molecule has 2 aromatic carbocycles. The summed E-state index contributed by atoms with van der Waals surface area (Å²) in [6.07, 6.45) is 5.40. The van der Waals surface area contributed by atoms with Gasteiger partial charge < -0.3 is 14.8 Å². The van der Waals surface area contributed by atoms with Crippen LogP contribution in [0.5, 0.6) is 5.75 Å². The third kappa shape index (κ3) is 5.95. The van der Waals surface area contributed by atoms with Crippen molar-refractivity contribution in [1.29, 1.82) is 0 Å². The zero-order chi connectivity index (χ0) is 21.5. The van der Waals surface area contributed by atoms with E-state index >= 15 is 0 Å². The average Bonchev–Trinajstić information content (AvgIpc) is 3.12. The van der Waals surface area contributed by atoms with Crippen LogP contribution in [-0.2, 0) is 11.8 Å². The number of anilines is 1. The lowest BCUT2D eigenvalue weighted by atomic mass is 10.1. The third-order valence-corrected chi connectivity index (χ3v) is 4.59. The van der Waals surface area contributed by atoms with Gasteiger partial charge in [-0.05, 0) is 42.3 Å². The van der Waals surface area contributed by atoms with E-state index in [9.17, 15) is 4.79 Å². The molecule has 0 unspecified atom stereocenters. The first-order valence-electron chi connectivity index (χ1n) is 9.49. The van der Waals surface area contributed by atoms with Crippen molar-refractivity contribution in [1.82, 2.24) is 9.78 Å². The van der Waals surface area contributed by atoms with Crippen molar-refractivity contribution in [3.63, 3.8) is 0 Å². The number of ether oxygens (including phenoxy) is 2. The van der Waals surface area contributed by atoms with Crippen molar-refractivity contribution in [2.24, 2.45) is 7.05 Å². The Morgan fingerprint density at radius 3 is 2.73 bits per heavy atom. The van der Waals surface area contributed by atoms with Gasteiger partial charge in [-0.1, -0.05) is 42.0 Å². The molecule has 1 heterocycles. The fraction of sp³-hybridized carbons (Fsp3) is 0.217. The van der Waals surface area contributed by atoms with Crippen LogP contribution in [0.25, 0.3) is 12.2 Å². The number of hydrogen-bond donors (Lipinski definition) is 1. The van der Waals surface area contributed by atoms with Gasteiger partial charge in [-0.15, -0.1) is 0 Å². The topological polar surface area (TPSA) is 65.4 Å². The van der Waals surface area contributed by atoms with Crippen LogP contribution in [0.3, 0.4) is 0 Å². The number of aromatic nitrogens is 2. The Morgan fingerprint density at radius 1 is 1.23 bits per heavy atom. The molecule has 156 valence electrons. The lowest BCUT2D eigenvalue weighted by Gasteiger charge is -2.15. The molecule has 0 saturated heterocycles. The monoisotopic (exact) mass is 425 g/mol. The van der Waals surface area contributed by atoms with E-state index < -0.39 is 0 Å². The molecular formula is C23H24ClN3O3. The molecule has 30 heavy (non-hydrogen) atoms. The number of methoxy groups -OCH3 is 1. The smallest absolute Gasteiger partial charge is 0.257 e. The molecule has 1 amide bonds. The summed E-state index contributed by atoms with van der Waals surface area (Å²) in [7, 11) is 3.41. The van der Waals surface area contributed by atoms with E-state index in [-0.39, 0.29) is 12.0 Å². The van der Waals surface area contributed by atoms with E-state index in [2.05, 4.69) is 10.4 Å². The van der Waals surface area contributed by atoms with E-state index in [4.69, 9.17) is 21.1 Å². The Balaban J connectivity index is 1.89. The Kier molecular flexibility index (Phi) is 7.27. The van der Waals surface area contributed by atoms with Crippen LogP contribution in [0.15, 0.2) is 54.7 Å². The van der Waals surface area contributed by atoms with Gasteiger partial charge in [0.1, 0.15) is 11.9 Å².